The maximum atomic E-state index is 13.1. The van der Waals surface area contributed by atoms with E-state index in [1.807, 2.05) is 0 Å². The van der Waals surface area contributed by atoms with Crippen molar-refractivity contribution in [2.24, 2.45) is 5.73 Å². The number of urea groups is 1. The smallest absolute Gasteiger partial charge is 0.347 e. The molecule has 2 aromatic carbocycles. The summed E-state index contributed by atoms with van der Waals surface area (Å²) in [5, 5.41) is 18.8. The van der Waals surface area contributed by atoms with Crippen molar-refractivity contribution in [3.05, 3.63) is 58.1 Å². The van der Waals surface area contributed by atoms with Gasteiger partial charge in [0.1, 0.15) is 17.6 Å². The number of carboxylic acids is 1. The van der Waals surface area contributed by atoms with Gasteiger partial charge < -0.3 is 20.7 Å². The summed E-state index contributed by atoms with van der Waals surface area (Å²) in [5.74, 6) is -3.43. The Hall–Kier alpha value is -2.86. The molecule has 1 heterocycles. The van der Waals surface area contributed by atoms with E-state index in [2.05, 4.69) is 0 Å². The van der Waals surface area contributed by atoms with E-state index >= 15 is 0 Å². The lowest BCUT2D eigenvalue weighted by Gasteiger charge is -2.38. The first-order valence-corrected chi connectivity index (χ1v) is 11.7. The van der Waals surface area contributed by atoms with Crippen LogP contribution in [0, 0.1) is 0 Å². The van der Waals surface area contributed by atoms with Crippen LogP contribution in [-0.4, -0.2) is 58.8 Å². The first kappa shape index (κ1) is 24.8. The SMILES string of the molecule is NC(=O)N1CCC(S(=O)(=O)c2ccc(OCc3ccc(Cl)cc3Cl)cc2)C(O)(C(=O)O)C1=O. The van der Waals surface area contributed by atoms with Crippen molar-refractivity contribution in [3.63, 3.8) is 0 Å². The first-order valence-electron chi connectivity index (χ1n) is 9.37. The Morgan fingerprint density at radius 3 is 2.36 bits per heavy atom. The number of likely N-dealkylation sites (tertiary alicyclic amines) is 1. The highest BCUT2D eigenvalue weighted by molar-refractivity contribution is 7.92. The minimum Gasteiger partial charge on any atom is -0.489 e. The second-order valence-corrected chi connectivity index (χ2v) is 10.2. The summed E-state index contributed by atoms with van der Waals surface area (Å²) in [6.07, 6.45) is -0.521. The lowest BCUT2D eigenvalue weighted by molar-refractivity contribution is -0.173. The van der Waals surface area contributed by atoms with Crippen molar-refractivity contribution in [1.82, 2.24) is 4.90 Å². The van der Waals surface area contributed by atoms with Gasteiger partial charge in [-0.2, -0.15) is 0 Å². The van der Waals surface area contributed by atoms with Crippen LogP contribution >= 0.6 is 23.2 Å². The highest BCUT2D eigenvalue weighted by atomic mass is 35.5. The van der Waals surface area contributed by atoms with Gasteiger partial charge in [0.15, 0.2) is 9.84 Å². The Morgan fingerprint density at radius 2 is 1.82 bits per heavy atom. The van der Waals surface area contributed by atoms with Crippen molar-refractivity contribution in [2.75, 3.05) is 6.54 Å². The number of aliphatic carboxylic acids is 1. The van der Waals surface area contributed by atoms with Crippen molar-refractivity contribution in [2.45, 2.75) is 28.8 Å². The quantitative estimate of drug-likeness (QED) is 0.489. The summed E-state index contributed by atoms with van der Waals surface area (Å²) < 4.78 is 31.8. The van der Waals surface area contributed by atoms with Crippen LogP contribution in [0.3, 0.4) is 0 Å². The number of carbonyl (C=O) groups excluding carboxylic acids is 2. The molecule has 1 saturated heterocycles. The maximum absolute atomic E-state index is 13.1. The van der Waals surface area contributed by atoms with E-state index in [0.29, 0.717) is 20.5 Å². The van der Waals surface area contributed by atoms with E-state index in [4.69, 9.17) is 33.7 Å². The largest absolute Gasteiger partial charge is 0.489 e. The Labute approximate surface area is 198 Å². The fraction of sp³-hybridized carbons (Fsp3) is 0.250. The third-order valence-corrected chi connectivity index (χ3v) is 8.02. The molecule has 2 aromatic rings. The molecule has 0 bridgehead atoms. The molecule has 0 saturated carbocycles. The molecule has 0 radical (unpaired) electrons. The average molecular weight is 517 g/mol. The number of amides is 3. The molecular weight excluding hydrogens is 499 g/mol. The number of sulfone groups is 1. The Morgan fingerprint density at radius 1 is 1.18 bits per heavy atom. The van der Waals surface area contributed by atoms with Gasteiger partial charge in [-0.15, -0.1) is 0 Å². The number of benzene rings is 2. The van der Waals surface area contributed by atoms with E-state index < -0.39 is 51.6 Å². The van der Waals surface area contributed by atoms with Crippen molar-refractivity contribution < 1.29 is 37.8 Å². The minimum absolute atomic E-state index is 0.0704. The zero-order chi connectivity index (χ0) is 24.6. The van der Waals surface area contributed by atoms with Gasteiger partial charge in [0.2, 0.25) is 0 Å². The van der Waals surface area contributed by atoms with Gasteiger partial charge in [0, 0.05) is 22.2 Å². The van der Waals surface area contributed by atoms with E-state index in [9.17, 15) is 33.0 Å². The normalized spacial score (nSPS) is 21.0. The van der Waals surface area contributed by atoms with Crippen molar-refractivity contribution >= 4 is 50.9 Å². The number of rotatable bonds is 6. The number of ether oxygens (including phenoxy) is 1. The van der Waals surface area contributed by atoms with Crippen LogP contribution in [0.1, 0.15) is 12.0 Å². The summed E-state index contributed by atoms with van der Waals surface area (Å²) in [6.45, 7) is -0.391. The van der Waals surface area contributed by atoms with Crippen molar-refractivity contribution in [1.29, 1.82) is 0 Å². The molecule has 0 aromatic heterocycles. The standard InChI is InChI=1S/C20H18Cl2N2O8S/c21-12-2-1-11(15(22)9-12)10-32-13-3-5-14(6-4-13)33(30,31)16-7-8-24(19(23)28)17(25)20(16,29)18(26)27/h1-6,9,16,29H,7-8,10H2,(H2,23,28)(H,26,27). The molecule has 4 N–H and O–H groups in total. The van der Waals surface area contributed by atoms with Crippen LogP contribution in [0.2, 0.25) is 10.0 Å². The van der Waals surface area contributed by atoms with Gasteiger partial charge in [-0.25, -0.2) is 18.0 Å². The molecule has 2 atom stereocenters. The van der Waals surface area contributed by atoms with Crippen LogP contribution in [-0.2, 0) is 26.0 Å². The average Bonchev–Trinajstić information content (AvgIpc) is 2.74. The topological polar surface area (TPSA) is 164 Å². The van der Waals surface area contributed by atoms with Gasteiger partial charge in [0.05, 0.1) is 4.90 Å². The molecule has 1 aliphatic rings. The minimum atomic E-state index is -4.51. The van der Waals surface area contributed by atoms with E-state index in [1.54, 1.807) is 18.2 Å². The van der Waals surface area contributed by atoms with E-state index in [1.165, 1.54) is 12.1 Å². The number of hydrogen-bond donors (Lipinski definition) is 3. The maximum Gasteiger partial charge on any atom is 0.347 e. The van der Waals surface area contributed by atoms with E-state index in [0.717, 1.165) is 12.1 Å². The Kier molecular flexibility index (Phi) is 6.89. The van der Waals surface area contributed by atoms with Crippen LogP contribution in [0.5, 0.6) is 5.75 Å². The van der Waals surface area contributed by atoms with Crippen LogP contribution in [0.4, 0.5) is 4.79 Å². The van der Waals surface area contributed by atoms with Crippen molar-refractivity contribution in [3.8, 4) is 5.75 Å². The van der Waals surface area contributed by atoms with Crippen LogP contribution < -0.4 is 10.5 Å². The summed E-state index contributed by atoms with van der Waals surface area (Å²) in [7, 11) is -4.51. The molecule has 2 unspecified atom stereocenters. The number of primary amides is 1. The number of carbonyl (C=O) groups is 3. The molecule has 0 spiro atoms. The summed E-state index contributed by atoms with van der Waals surface area (Å²) in [5.41, 5.74) is 2.29. The molecule has 0 aliphatic carbocycles. The predicted octanol–water partition coefficient (Wildman–Crippen LogP) is 1.84. The van der Waals surface area contributed by atoms with Gasteiger partial charge in [0.25, 0.3) is 11.5 Å². The summed E-state index contributed by atoms with van der Waals surface area (Å²) in [6, 6.07) is 8.53. The number of nitrogens with two attached hydrogens (primary N) is 1. The number of imide groups is 1. The fourth-order valence-corrected chi connectivity index (χ4v) is 5.78. The molecule has 10 nitrogen and oxygen atoms in total. The van der Waals surface area contributed by atoms with Gasteiger partial charge >= 0.3 is 12.0 Å². The molecule has 33 heavy (non-hydrogen) atoms. The highest BCUT2D eigenvalue weighted by Gasteiger charge is 2.61. The van der Waals surface area contributed by atoms with Gasteiger partial charge in [-0.3, -0.25) is 9.69 Å². The molecule has 13 heteroatoms. The monoisotopic (exact) mass is 516 g/mol. The number of halogens is 2. The zero-order valence-corrected chi connectivity index (χ0v) is 19.1. The lowest BCUT2D eigenvalue weighted by Crippen LogP contribution is -2.68. The molecule has 3 amide bonds. The molecule has 1 fully saturated rings. The third kappa shape index (κ3) is 4.62. The summed E-state index contributed by atoms with van der Waals surface area (Å²) >= 11 is 11.9. The number of nitrogens with zero attached hydrogens (tertiary/aromatic N) is 1. The zero-order valence-electron chi connectivity index (χ0n) is 16.8. The molecular formula is C20H18Cl2N2O8S. The number of aliphatic hydroxyl groups is 1. The molecule has 1 aliphatic heterocycles. The second-order valence-electron chi connectivity index (χ2n) is 7.18. The Bertz CT molecular complexity index is 1220. The van der Waals surface area contributed by atoms with Crippen LogP contribution in [0.25, 0.3) is 0 Å². The van der Waals surface area contributed by atoms with Gasteiger partial charge in [-0.05, 0) is 42.8 Å². The first-order chi connectivity index (χ1) is 15.4. The highest BCUT2D eigenvalue weighted by Crippen LogP contribution is 2.34. The number of carboxylic acid groups (broad SMARTS) is 1. The summed E-state index contributed by atoms with van der Waals surface area (Å²) in [4.78, 5) is 35.5. The number of piperidine rings is 1. The second kappa shape index (κ2) is 9.18. The van der Waals surface area contributed by atoms with Gasteiger partial charge in [-0.1, -0.05) is 29.3 Å². The fourth-order valence-electron chi connectivity index (χ4n) is 3.41. The van der Waals surface area contributed by atoms with E-state index in [-0.39, 0.29) is 17.3 Å². The lowest BCUT2D eigenvalue weighted by atomic mass is 9.91. The predicted molar refractivity (Wildman–Crippen MR) is 117 cm³/mol. The molecule has 3 rings (SSSR count). The molecule has 176 valence electrons. The third-order valence-electron chi connectivity index (χ3n) is 5.18. The van der Waals surface area contributed by atoms with Crippen LogP contribution in [0.15, 0.2) is 47.4 Å². The number of hydrogen-bond acceptors (Lipinski definition) is 7. The Balaban J connectivity index is 1.84.